The lowest BCUT2D eigenvalue weighted by Crippen LogP contribution is -2.01. The van der Waals surface area contributed by atoms with Crippen LogP contribution in [-0.2, 0) is 0 Å². The average molecular weight is 364 g/mol. The Morgan fingerprint density at radius 2 is 1.85 bits per heavy atom. The highest BCUT2D eigenvalue weighted by atomic mass is 79.9. The van der Waals surface area contributed by atoms with Crippen molar-refractivity contribution < 1.29 is 9.84 Å². The minimum Gasteiger partial charge on any atom is -0.495 e. The highest BCUT2D eigenvalue weighted by molar-refractivity contribution is 9.10. The van der Waals surface area contributed by atoms with Crippen LogP contribution in [0, 0.1) is 0 Å². The summed E-state index contributed by atoms with van der Waals surface area (Å²) in [4.78, 5) is 0. The van der Waals surface area contributed by atoms with E-state index in [2.05, 4.69) is 22.9 Å². The Kier molecular flexibility index (Phi) is 8.58. The van der Waals surface area contributed by atoms with Crippen LogP contribution in [-0.4, -0.2) is 12.2 Å². The van der Waals surface area contributed by atoms with Crippen LogP contribution >= 0.6 is 27.5 Å². The van der Waals surface area contributed by atoms with Gasteiger partial charge in [0.1, 0.15) is 5.75 Å². The zero-order valence-electron chi connectivity index (χ0n) is 12.3. The van der Waals surface area contributed by atoms with E-state index in [0.29, 0.717) is 10.8 Å². The van der Waals surface area contributed by atoms with E-state index in [9.17, 15) is 5.11 Å². The second kappa shape index (κ2) is 9.64. The van der Waals surface area contributed by atoms with Gasteiger partial charge in [0.15, 0.2) is 0 Å². The van der Waals surface area contributed by atoms with Crippen molar-refractivity contribution in [3.8, 4) is 5.75 Å². The molecule has 1 N–H and O–H groups in total. The van der Waals surface area contributed by atoms with Gasteiger partial charge in [-0.2, -0.15) is 0 Å². The zero-order chi connectivity index (χ0) is 15.0. The number of ether oxygens (including phenoxy) is 1. The summed E-state index contributed by atoms with van der Waals surface area (Å²) in [5.41, 5.74) is 0.764. The molecule has 0 aliphatic carbocycles. The third-order valence-corrected chi connectivity index (χ3v) is 4.24. The summed E-state index contributed by atoms with van der Waals surface area (Å²) in [7, 11) is 1.61. The lowest BCUT2D eigenvalue weighted by Gasteiger charge is -2.16. The van der Waals surface area contributed by atoms with Crippen molar-refractivity contribution in [2.45, 2.75) is 58.0 Å². The Morgan fingerprint density at radius 1 is 1.20 bits per heavy atom. The van der Waals surface area contributed by atoms with Gasteiger partial charge in [0.2, 0.25) is 0 Å². The molecule has 0 aliphatic heterocycles. The summed E-state index contributed by atoms with van der Waals surface area (Å²) < 4.78 is 6.13. The number of methoxy groups -OCH3 is 1. The van der Waals surface area contributed by atoms with Gasteiger partial charge in [0, 0.05) is 10.6 Å². The first kappa shape index (κ1) is 17.8. The van der Waals surface area contributed by atoms with Crippen molar-refractivity contribution in [3.05, 3.63) is 27.2 Å². The largest absolute Gasteiger partial charge is 0.495 e. The topological polar surface area (TPSA) is 29.5 Å². The number of aliphatic hydroxyl groups excluding tert-OH is 1. The molecule has 0 saturated carbocycles. The molecule has 4 heteroatoms. The molecule has 114 valence electrons. The first-order valence-corrected chi connectivity index (χ1v) is 8.48. The fourth-order valence-electron chi connectivity index (χ4n) is 2.32. The molecule has 0 spiro atoms. The van der Waals surface area contributed by atoms with Crippen molar-refractivity contribution in [1.29, 1.82) is 0 Å². The number of halogens is 2. The molecule has 0 aliphatic rings. The van der Waals surface area contributed by atoms with Gasteiger partial charge in [-0.1, -0.05) is 57.0 Å². The second-order valence-corrected chi connectivity index (χ2v) is 6.37. The molecule has 1 rings (SSSR count). The lowest BCUT2D eigenvalue weighted by molar-refractivity contribution is 0.159. The molecular weight excluding hydrogens is 340 g/mol. The fraction of sp³-hybridized carbons (Fsp3) is 0.625. The van der Waals surface area contributed by atoms with Crippen LogP contribution in [0.1, 0.15) is 63.5 Å². The van der Waals surface area contributed by atoms with Gasteiger partial charge in [-0.25, -0.2) is 0 Å². The van der Waals surface area contributed by atoms with Crippen LogP contribution < -0.4 is 4.74 Å². The van der Waals surface area contributed by atoms with Crippen molar-refractivity contribution >= 4 is 27.5 Å². The van der Waals surface area contributed by atoms with Gasteiger partial charge in [0.05, 0.1) is 17.7 Å². The predicted octanol–water partition coefficient (Wildman–Crippen LogP) is 5.90. The van der Waals surface area contributed by atoms with Crippen molar-refractivity contribution in [3.63, 3.8) is 0 Å². The van der Waals surface area contributed by atoms with E-state index in [1.165, 1.54) is 32.1 Å². The normalized spacial score (nSPS) is 12.4. The minimum atomic E-state index is -0.522. The Balaban J connectivity index is 2.52. The summed E-state index contributed by atoms with van der Waals surface area (Å²) in [6, 6.07) is 3.56. The fourth-order valence-corrected chi connectivity index (χ4v) is 3.31. The summed E-state index contributed by atoms with van der Waals surface area (Å²) >= 11 is 9.46. The molecule has 2 nitrogen and oxygen atoms in total. The maximum atomic E-state index is 10.3. The third-order valence-electron chi connectivity index (χ3n) is 3.43. The summed E-state index contributed by atoms with van der Waals surface area (Å²) in [5.74, 6) is 0.674. The number of benzene rings is 1. The molecule has 0 aromatic heterocycles. The third kappa shape index (κ3) is 5.63. The van der Waals surface area contributed by atoms with E-state index in [4.69, 9.17) is 16.3 Å². The number of unbranched alkanes of at least 4 members (excludes halogenated alkanes) is 5. The Hall–Kier alpha value is -0.250. The van der Waals surface area contributed by atoms with E-state index in [1.54, 1.807) is 19.2 Å². The molecule has 1 aromatic rings. The summed E-state index contributed by atoms with van der Waals surface area (Å²) in [6.07, 6.45) is 7.52. The second-order valence-electron chi connectivity index (χ2n) is 5.08. The van der Waals surface area contributed by atoms with Crippen LogP contribution in [0.5, 0.6) is 5.75 Å². The summed E-state index contributed by atoms with van der Waals surface area (Å²) in [6.45, 7) is 2.22. The molecule has 0 bridgehead atoms. The molecule has 1 aromatic carbocycles. The van der Waals surface area contributed by atoms with Crippen molar-refractivity contribution in [2.24, 2.45) is 0 Å². The van der Waals surface area contributed by atoms with Gasteiger partial charge >= 0.3 is 0 Å². The van der Waals surface area contributed by atoms with Gasteiger partial charge in [-0.3, -0.25) is 0 Å². The molecule has 0 heterocycles. The van der Waals surface area contributed by atoms with E-state index in [-0.39, 0.29) is 0 Å². The Bertz CT molecular complexity index is 410. The quantitative estimate of drug-likeness (QED) is 0.554. The molecule has 0 amide bonds. The van der Waals surface area contributed by atoms with Crippen molar-refractivity contribution in [1.82, 2.24) is 0 Å². The molecule has 0 radical (unpaired) electrons. The Morgan fingerprint density at radius 3 is 2.50 bits per heavy atom. The lowest BCUT2D eigenvalue weighted by atomic mass is 10.0. The number of rotatable bonds is 9. The molecule has 0 fully saturated rings. The summed E-state index contributed by atoms with van der Waals surface area (Å²) in [5, 5.41) is 10.9. The van der Waals surface area contributed by atoms with Crippen LogP contribution in [0.3, 0.4) is 0 Å². The van der Waals surface area contributed by atoms with E-state index in [0.717, 1.165) is 22.9 Å². The van der Waals surface area contributed by atoms with E-state index >= 15 is 0 Å². The van der Waals surface area contributed by atoms with Gasteiger partial charge in [0.25, 0.3) is 0 Å². The van der Waals surface area contributed by atoms with Crippen LogP contribution in [0.15, 0.2) is 16.6 Å². The van der Waals surface area contributed by atoms with Crippen LogP contribution in [0.4, 0.5) is 0 Å². The number of aliphatic hydroxyl groups is 1. The van der Waals surface area contributed by atoms with Crippen LogP contribution in [0.2, 0.25) is 5.02 Å². The standard InChI is InChI=1S/C16H24BrClO2/c1-3-4-5-6-7-8-9-15(19)13-10-12(18)11-14(17)16(13)20-2/h10-11,15,19H,3-9H2,1-2H3. The zero-order valence-corrected chi connectivity index (χ0v) is 14.6. The highest BCUT2D eigenvalue weighted by Gasteiger charge is 2.16. The van der Waals surface area contributed by atoms with Gasteiger partial charge < -0.3 is 9.84 Å². The maximum Gasteiger partial charge on any atom is 0.138 e. The molecule has 1 atom stereocenters. The Labute approximate surface area is 135 Å². The first-order chi connectivity index (χ1) is 9.60. The average Bonchev–Trinajstić information content (AvgIpc) is 2.41. The van der Waals surface area contributed by atoms with E-state index < -0.39 is 6.10 Å². The molecular formula is C16H24BrClO2. The predicted molar refractivity (Wildman–Crippen MR) is 88.7 cm³/mol. The smallest absolute Gasteiger partial charge is 0.138 e. The van der Waals surface area contributed by atoms with Crippen molar-refractivity contribution in [2.75, 3.05) is 7.11 Å². The molecule has 1 unspecified atom stereocenters. The molecule has 0 saturated heterocycles. The van der Waals surface area contributed by atoms with E-state index in [1.807, 2.05) is 0 Å². The highest BCUT2D eigenvalue weighted by Crippen LogP contribution is 2.37. The number of hydrogen-bond acceptors (Lipinski definition) is 2. The maximum absolute atomic E-state index is 10.3. The monoisotopic (exact) mass is 362 g/mol. The van der Waals surface area contributed by atoms with Gasteiger partial charge in [-0.05, 0) is 34.5 Å². The first-order valence-electron chi connectivity index (χ1n) is 7.31. The minimum absolute atomic E-state index is 0.522. The SMILES string of the molecule is CCCCCCCCC(O)c1cc(Cl)cc(Br)c1OC. The van der Waals surface area contributed by atoms with Gasteiger partial charge in [-0.15, -0.1) is 0 Å². The number of hydrogen-bond donors (Lipinski definition) is 1. The van der Waals surface area contributed by atoms with Crippen LogP contribution in [0.25, 0.3) is 0 Å². The molecule has 20 heavy (non-hydrogen) atoms.